The number of ether oxygens (including phenoxy) is 3. The van der Waals surface area contributed by atoms with Crippen molar-refractivity contribution in [2.45, 2.75) is 0 Å². The van der Waals surface area contributed by atoms with Crippen LogP contribution < -0.4 is 14.2 Å². The van der Waals surface area contributed by atoms with Gasteiger partial charge in [-0.25, -0.2) is 4.39 Å². The van der Waals surface area contributed by atoms with E-state index in [1.807, 2.05) is 0 Å². The molecule has 2 aromatic rings. The zero-order valence-electron chi connectivity index (χ0n) is 14.2. The Morgan fingerprint density at radius 3 is 2.20 bits per heavy atom. The molecule has 0 N–H and O–H groups in total. The van der Waals surface area contributed by atoms with Crippen LogP contribution in [0, 0.1) is 5.82 Å². The van der Waals surface area contributed by atoms with Crippen molar-refractivity contribution in [3.63, 3.8) is 0 Å². The smallest absolute Gasteiger partial charge is 0.253 e. The Morgan fingerprint density at radius 2 is 1.68 bits per heavy atom. The third-order valence-corrected chi connectivity index (χ3v) is 4.33. The number of carbonyl (C=O) groups excluding carboxylic acids is 1. The lowest BCUT2D eigenvalue weighted by atomic mass is 10.1. The summed E-state index contributed by atoms with van der Waals surface area (Å²) in [4.78, 5) is 14.1. The molecule has 0 spiro atoms. The first-order valence-electron chi connectivity index (χ1n) is 7.51. The van der Waals surface area contributed by atoms with E-state index >= 15 is 0 Å². The van der Waals surface area contributed by atoms with E-state index < -0.39 is 0 Å². The summed E-state index contributed by atoms with van der Waals surface area (Å²) in [5.41, 5.74) is 0.446. The van der Waals surface area contributed by atoms with Crippen LogP contribution in [-0.2, 0) is 0 Å². The van der Waals surface area contributed by atoms with Crippen molar-refractivity contribution in [3.05, 3.63) is 52.3 Å². The number of nitrogens with zero attached hydrogens (tertiary/aromatic N) is 1. The van der Waals surface area contributed by atoms with Gasteiger partial charge in [0.2, 0.25) is 0 Å². The molecule has 0 aliphatic rings. The van der Waals surface area contributed by atoms with E-state index in [-0.39, 0.29) is 11.7 Å². The minimum Gasteiger partial charge on any atom is -0.495 e. The molecule has 0 aliphatic carbocycles. The van der Waals surface area contributed by atoms with E-state index in [1.54, 1.807) is 31.3 Å². The average Bonchev–Trinajstić information content (AvgIpc) is 2.62. The van der Waals surface area contributed by atoms with Crippen molar-refractivity contribution >= 4 is 21.8 Å². The topological polar surface area (TPSA) is 48.0 Å². The van der Waals surface area contributed by atoms with E-state index in [1.165, 1.54) is 31.3 Å². The summed E-state index contributed by atoms with van der Waals surface area (Å²) in [6.07, 6.45) is 0. The van der Waals surface area contributed by atoms with Gasteiger partial charge in [-0.2, -0.15) is 0 Å². The normalized spacial score (nSPS) is 10.3. The van der Waals surface area contributed by atoms with Crippen LogP contribution in [0.3, 0.4) is 0 Å². The maximum absolute atomic E-state index is 12.9. The van der Waals surface area contributed by atoms with Gasteiger partial charge in [-0.3, -0.25) is 4.79 Å². The highest BCUT2D eigenvalue weighted by Crippen LogP contribution is 2.35. The molecule has 2 rings (SSSR count). The summed E-state index contributed by atoms with van der Waals surface area (Å²) in [7, 11) is 4.72. The predicted molar refractivity (Wildman–Crippen MR) is 96.1 cm³/mol. The van der Waals surface area contributed by atoms with Gasteiger partial charge in [0.05, 0.1) is 20.8 Å². The first-order valence-corrected chi connectivity index (χ1v) is 8.31. The highest BCUT2D eigenvalue weighted by molar-refractivity contribution is 9.10. The number of rotatable bonds is 7. The molecule has 0 atom stereocenters. The molecule has 134 valence electrons. The van der Waals surface area contributed by atoms with Gasteiger partial charge >= 0.3 is 0 Å². The quantitative estimate of drug-likeness (QED) is 0.695. The Hall–Kier alpha value is -2.28. The summed E-state index contributed by atoms with van der Waals surface area (Å²) < 4.78 is 29.5. The van der Waals surface area contributed by atoms with Crippen molar-refractivity contribution in [3.8, 4) is 17.2 Å². The van der Waals surface area contributed by atoms with Crippen LogP contribution in [0.2, 0.25) is 0 Å². The van der Waals surface area contributed by atoms with E-state index in [2.05, 4.69) is 15.9 Å². The zero-order valence-corrected chi connectivity index (χ0v) is 15.8. The van der Waals surface area contributed by atoms with Gasteiger partial charge < -0.3 is 19.1 Å². The van der Waals surface area contributed by atoms with Gasteiger partial charge in [0.25, 0.3) is 5.91 Å². The average molecular weight is 412 g/mol. The van der Waals surface area contributed by atoms with Gasteiger partial charge in [0, 0.05) is 12.6 Å². The number of carbonyl (C=O) groups is 1. The molecular weight excluding hydrogens is 393 g/mol. The van der Waals surface area contributed by atoms with Crippen molar-refractivity contribution < 1.29 is 23.4 Å². The zero-order chi connectivity index (χ0) is 18.4. The number of amides is 1. The molecule has 0 aromatic heterocycles. The minimum absolute atomic E-state index is 0.188. The molecule has 1 amide bonds. The predicted octanol–water partition coefficient (Wildman–Crippen LogP) is 3.76. The molecule has 5 nitrogen and oxygen atoms in total. The largest absolute Gasteiger partial charge is 0.495 e. The van der Waals surface area contributed by atoms with Gasteiger partial charge in [-0.15, -0.1) is 0 Å². The fourth-order valence-electron chi connectivity index (χ4n) is 2.15. The lowest BCUT2D eigenvalue weighted by Gasteiger charge is -2.19. The molecule has 2 aromatic carbocycles. The summed E-state index contributed by atoms with van der Waals surface area (Å²) in [5, 5.41) is 0. The van der Waals surface area contributed by atoms with Crippen molar-refractivity contribution in [2.75, 3.05) is 34.4 Å². The number of hydrogen-bond donors (Lipinski definition) is 0. The van der Waals surface area contributed by atoms with Crippen molar-refractivity contribution in [2.24, 2.45) is 0 Å². The third-order valence-electron chi connectivity index (χ3n) is 3.55. The Balaban J connectivity index is 2.00. The standard InChI is InChI=1S/C18H19BrFNO4/c1-21(8-9-25-14-6-4-13(20)5-7-14)18(22)12-10-15(23-2)17(19)16(11-12)24-3/h4-7,10-11H,8-9H2,1-3H3. The van der Waals surface area contributed by atoms with Crippen molar-refractivity contribution in [1.29, 1.82) is 0 Å². The molecule has 0 saturated heterocycles. The Bertz CT molecular complexity index is 711. The number of halogens is 2. The Morgan fingerprint density at radius 1 is 1.12 bits per heavy atom. The summed E-state index contributed by atoms with van der Waals surface area (Å²) in [5.74, 6) is 1.07. The van der Waals surface area contributed by atoms with E-state index in [4.69, 9.17) is 14.2 Å². The molecule has 0 saturated carbocycles. The third kappa shape index (κ3) is 4.85. The Kier molecular flexibility index (Phi) is 6.64. The van der Waals surface area contributed by atoms with Crippen LogP contribution >= 0.6 is 15.9 Å². The first-order chi connectivity index (χ1) is 12.0. The van der Waals surface area contributed by atoms with Crippen LogP contribution in [-0.4, -0.2) is 45.2 Å². The van der Waals surface area contributed by atoms with Gasteiger partial charge in [-0.05, 0) is 52.3 Å². The highest BCUT2D eigenvalue weighted by atomic mass is 79.9. The number of hydrogen-bond acceptors (Lipinski definition) is 4. The van der Waals surface area contributed by atoms with E-state index in [0.29, 0.717) is 40.4 Å². The Labute approximate surface area is 154 Å². The molecule has 0 unspecified atom stereocenters. The maximum Gasteiger partial charge on any atom is 0.253 e. The van der Waals surface area contributed by atoms with E-state index in [0.717, 1.165) is 0 Å². The van der Waals surface area contributed by atoms with Crippen LogP contribution in [0.5, 0.6) is 17.2 Å². The summed E-state index contributed by atoms with van der Waals surface area (Å²) >= 11 is 3.37. The number of benzene rings is 2. The second-order valence-electron chi connectivity index (χ2n) is 5.22. The molecular formula is C18H19BrFNO4. The molecule has 0 radical (unpaired) electrons. The van der Waals surface area contributed by atoms with Crippen molar-refractivity contribution in [1.82, 2.24) is 4.90 Å². The van der Waals surface area contributed by atoms with Gasteiger partial charge in [0.1, 0.15) is 34.1 Å². The molecule has 0 aliphatic heterocycles. The highest BCUT2D eigenvalue weighted by Gasteiger charge is 2.17. The number of methoxy groups -OCH3 is 2. The van der Waals surface area contributed by atoms with Gasteiger partial charge in [0.15, 0.2) is 0 Å². The van der Waals surface area contributed by atoms with E-state index in [9.17, 15) is 9.18 Å². The molecule has 0 heterocycles. The van der Waals surface area contributed by atoms with Crippen LogP contribution in [0.25, 0.3) is 0 Å². The molecule has 25 heavy (non-hydrogen) atoms. The lowest BCUT2D eigenvalue weighted by Crippen LogP contribution is -2.30. The fraction of sp³-hybridized carbons (Fsp3) is 0.278. The fourth-order valence-corrected chi connectivity index (χ4v) is 2.70. The molecule has 7 heteroatoms. The molecule has 0 bridgehead atoms. The summed E-state index contributed by atoms with van der Waals surface area (Å²) in [6, 6.07) is 9.02. The minimum atomic E-state index is -0.322. The van der Waals surface area contributed by atoms with Gasteiger partial charge in [-0.1, -0.05) is 0 Å². The van der Waals surface area contributed by atoms with Crippen LogP contribution in [0.4, 0.5) is 4.39 Å². The lowest BCUT2D eigenvalue weighted by molar-refractivity contribution is 0.0773. The monoisotopic (exact) mass is 411 g/mol. The second-order valence-corrected chi connectivity index (χ2v) is 6.02. The maximum atomic E-state index is 12.9. The SMILES string of the molecule is COc1cc(C(=O)N(C)CCOc2ccc(F)cc2)cc(OC)c1Br. The number of likely N-dealkylation sites (N-methyl/N-ethyl adjacent to an activating group) is 1. The first kappa shape index (κ1) is 19.1. The van der Waals surface area contributed by atoms with Crippen LogP contribution in [0.1, 0.15) is 10.4 Å². The summed E-state index contributed by atoms with van der Waals surface area (Å²) in [6.45, 7) is 0.662. The molecule has 0 fully saturated rings. The van der Waals surface area contributed by atoms with Crippen LogP contribution in [0.15, 0.2) is 40.9 Å². The second kappa shape index (κ2) is 8.71.